The second kappa shape index (κ2) is 10.3. The quantitative estimate of drug-likeness (QED) is 0.592. The minimum absolute atomic E-state index is 0.00871. The summed E-state index contributed by atoms with van der Waals surface area (Å²) in [7, 11) is -3.58. The zero-order valence-electron chi connectivity index (χ0n) is 20.1. The Labute approximate surface area is 197 Å². The van der Waals surface area contributed by atoms with Gasteiger partial charge < -0.3 is 9.84 Å². The molecule has 0 saturated carbocycles. The number of rotatable bonds is 8. The van der Waals surface area contributed by atoms with Gasteiger partial charge in [0.2, 0.25) is 10.0 Å². The number of piperazine rings is 1. The van der Waals surface area contributed by atoms with Crippen LogP contribution in [0.25, 0.3) is 0 Å². The number of hydrogen-bond acceptors (Lipinski definition) is 6. The van der Waals surface area contributed by atoms with E-state index < -0.39 is 16.1 Å². The molecule has 33 heavy (non-hydrogen) atoms. The number of aryl methyl sites for hydroxylation is 2. The Balaban J connectivity index is 1.55. The van der Waals surface area contributed by atoms with Crippen LogP contribution in [0.4, 0.5) is 0 Å². The van der Waals surface area contributed by atoms with Crippen molar-refractivity contribution in [1.82, 2.24) is 9.21 Å². The zero-order chi connectivity index (χ0) is 24.3. The third kappa shape index (κ3) is 5.81. The van der Waals surface area contributed by atoms with Crippen molar-refractivity contribution in [2.24, 2.45) is 0 Å². The van der Waals surface area contributed by atoms with Crippen LogP contribution in [-0.2, 0) is 10.0 Å². The van der Waals surface area contributed by atoms with Crippen LogP contribution in [0.3, 0.4) is 0 Å². The zero-order valence-corrected chi connectivity index (χ0v) is 20.9. The maximum Gasteiger partial charge on any atom is 0.243 e. The molecule has 0 unspecified atom stereocenters. The number of ether oxygens (including phenoxy) is 1. The Hall–Kier alpha value is -2.26. The van der Waals surface area contributed by atoms with Crippen LogP contribution >= 0.6 is 0 Å². The van der Waals surface area contributed by atoms with Gasteiger partial charge in [-0.15, -0.1) is 0 Å². The van der Waals surface area contributed by atoms with Crippen molar-refractivity contribution >= 4 is 15.8 Å². The third-order valence-corrected chi connectivity index (χ3v) is 8.57. The summed E-state index contributed by atoms with van der Waals surface area (Å²) in [5, 5.41) is 10.4. The highest BCUT2D eigenvalue weighted by atomic mass is 32.2. The summed E-state index contributed by atoms with van der Waals surface area (Å²) in [5.41, 5.74) is 4.19. The fraction of sp³-hybridized carbons (Fsp3) is 0.480. The lowest BCUT2D eigenvalue weighted by atomic mass is 10.0. The molecule has 0 bridgehead atoms. The van der Waals surface area contributed by atoms with Gasteiger partial charge in [0.05, 0.1) is 4.90 Å². The van der Waals surface area contributed by atoms with Gasteiger partial charge in [0, 0.05) is 38.3 Å². The van der Waals surface area contributed by atoms with Crippen LogP contribution in [0, 0.1) is 27.7 Å². The van der Waals surface area contributed by atoms with Crippen LogP contribution in [0.2, 0.25) is 0 Å². The molecular weight excluding hydrogens is 440 g/mol. The van der Waals surface area contributed by atoms with E-state index in [0.717, 1.165) is 22.3 Å². The first-order valence-corrected chi connectivity index (χ1v) is 12.7. The van der Waals surface area contributed by atoms with E-state index in [1.54, 1.807) is 28.6 Å². The smallest absolute Gasteiger partial charge is 0.243 e. The number of aliphatic hydroxyl groups excluding tert-OH is 1. The summed E-state index contributed by atoms with van der Waals surface area (Å²) in [6, 6.07) is 8.85. The number of hydrogen-bond donors (Lipinski definition) is 1. The van der Waals surface area contributed by atoms with Crippen molar-refractivity contribution in [3.8, 4) is 5.75 Å². The van der Waals surface area contributed by atoms with Gasteiger partial charge in [-0.3, -0.25) is 9.69 Å². The highest BCUT2D eigenvalue weighted by Gasteiger charge is 2.32. The van der Waals surface area contributed by atoms with Crippen molar-refractivity contribution in [2.75, 3.05) is 39.3 Å². The molecule has 7 nitrogen and oxygen atoms in total. The number of sulfonamides is 1. The topological polar surface area (TPSA) is 87.2 Å². The number of carbonyl (C=O) groups excluding carboxylic acids is 1. The number of carbonyl (C=O) groups is 1. The minimum Gasteiger partial charge on any atom is -0.491 e. The molecule has 1 aliphatic heterocycles. The summed E-state index contributed by atoms with van der Waals surface area (Å²) < 4.78 is 34.0. The van der Waals surface area contributed by atoms with Crippen molar-refractivity contribution in [1.29, 1.82) is 0 Å². The summed E-state index contributed by atoms with van der Waals surface area (Å²) in [6.45, 7) is 11.5. The molecule has 0 aliphatic carbocycles. The largest absolute Gasteiger partial charge is 0.491 e. The maximum atomic E-state index is 13.4. The van der Waals surface area contributed by atoms with Crippen molar-refractivity contribution < 1.29 is 23.1 Å². The van der Waals surface area contributed by atoms with E-state index >= 15 is 0 Å². The van der Waals surface area contributed by atoms with Crippen LogP contribution < -0.4 is 4.74 Å². The average Bonchev–Trinajstić information content (AvgIpc) is 2.77. The van der Waals surface area contributed by atoms with Crippen molar-refractivity contribution in [3.05, 3.63) is 58.1 Å². The molecule has 1 fully saturated rings. The SMILES string of the molecule is CC(=O)c1ccc(OC[C@H](O)CN2CCN(S(=O)(=O)c3c(C)c(C)cc(C)c3C)CC2)cc1. The maximum absolute atomic E-state index is 13.4. The summed E-state index contributed by atoms with van der Waals surface area (Å²) in [5.74, 6) is 0.583. The predicted molar refractivity (Wildman–Crippen MR) is 129 cm³/mol. The molecule has 1 N–H and O–H groups in total. The van der Waals surface area contributed by atoms with Crippen LogP contribution in [0.15, 0.2) is 35.2 Å². The van der Waals surface area contributed by atoms with Gasteiger partial charge in [-0.25, -0.2) is 8.42 Å². The normalized spacial score (nSPS) is 16.5. The second-order valence-electron chi connectivity index (χ2n) is 8.84. The number of benzene rings is 2. The van der Waals surface area contributed by atoms with E-state index in [1.807, 2.05) is 33.8 Å². The number of β-amino-alcohol motifs (C(OH)–C–C–N with tert-alkyl or cyclic N) is 1. The van der Waals surface area contributed by atoms with Gasteiger partial charge in [0.1, 0.15) is 18.5 Å². The van der Waals surface area contributed by atoms with Crippen LogP contribution in [0.5, 0.6) is 5.75 Å². The second-order valence-corrected chi connectivity index (χ2v) is 10.7. The first-order chi connectivity index (χ1) is 15.5. The van der Waals surface area contributed by atoms with Gasteiger partial charge >= 0.3 is 0 Å². The summed E-state index contributed by atoms with van der Waals surface area (Å²) in [4.78, 5) is 13.8. The molecule has 0 amide bonds. The molecule has 0 aromatic heterocycles. The molecule has 1 heterocycles. The summed E-state index contributed by atoms with van der Waals surface area (Å²) >= 11 is 0. The Morgan fingerprint density at radius 1 is 1.00 bits per heavy atom. The van der Waals surface area contributed by atoms with Gasteiger partial charge in [-0.05, 0) is 81.1 Å². The molecular formula is C25H34N2O5S. The van der Waals surface area contributed by atoms with Gasteiger partial charge in [0.25, 0.3) is 0 Å². The monoisotopic (exact) mass is 474 g/mol. The number of ketones is 1. The third-order valence-electron chi connectivity index (χ3n) is 6.40. The molecule has 2 aromatic carbocycles. The molecule has 1 saturated heterocycles. The van der Waals surface area contributed by atoms with Gasteiger partial charge in [-0.2, -0.15) is 4.31 Å². The van der Waals surface area contributed by atoms with Crippen LogP contribution in [-0.4, -0.2) is 73.9 Å². The fourth-order valence-corrected chi connectivity index (χ4v) is 6.18. The number of nitrogens with zero attached hydrogens (tertiary/aromatic N) is 2. The molecule has 1 aliphatic rings. The lowest BCUT2D eigenvalue weighted by Crippen LogP contribution is -2.51. The van der Waals surface area contributed by atoms with E-state index in [0.29, 0.717) is 48.9 Å². The highest BCUT2D eigenvalue weighted by molar-refractivity contribution is 7.89. The molecule has 3 rings (SSSR count). The Bertz CT molecular complexity index is 1080. The molecule has 0 radical (unpaired) electrons. The van der Waals surface area contributed by atoms with Crippen molar-refractivity contribution in [2.45, 2.75) is 45.6 Å². The minimum atomic E-state index is -3.58. The van der Waals surface area contributed by atoms with Gasteiger partial charge in [0.15, 0.2) is 5.78 Å². The Morgan fingerprint density at radius 3 is 2.06 bits per heavy atom. The van der Waals surface area contributed by atoms with E-state index in [2.05, 4.69) is 4.90 Å². The lowest BCUT2D eigenvalue weighted by Gasteiger charge is -2.35. The molecule has 8 heteroatoms. The molecule has 0 spiro atoms. The fourth-order valence-electron chi connectivity index (χ4n) is 4.18. The number of Topliss-reactive ketones (excluding diaryl/α,β-unsaturated/α-hetero) is 1. The first kappa shape index (κ1) is 25.4. The van der Waals surface area contributed by atoms with Gasteiger partial charge in [-0.1, -0.05) is 6.07 Å². The Kier molecular flexibility index (Phi) is 7.95. The average molecular weight is 475 g/mol. The highest BCUT2D eigenvalue weighted by Crippen LogP contribution is 2.29. The molecule has 2 aromatic rings. The van der Waals surface area contributed by atoms with E-state index in [1.165, 1.54) is 6.92 Å². The van der Waals surface area contributed by atoms with Crippen LogP contribution in [0.1, 0.15) is 39.5 Å². The first-order valence-electron chi connectivity index (χ1n) is 11.2. The molecule has 1 atom stereocenters. The van der Waals surface area contributed by atoms with Crippen molar-refractivity contribution in [3.63, 3.8) is 0 Å². The molecule has 180 valence electrons. The standard InChI is InChI=1S/C25H34N2O5S/c1-17-14-18(2)20(4)25(19(17)3)33(30,31)27-12-10-26(11-13-27)15-23(29)16-32-24-8-6-22(7-9-24)21(5)28/h6-9,14,23,29H,10-13,15-16H2,1-5H3/t23-/m1/s1. The van der Waals surface area contributed by atoms with E-state index in [4.69, 9.17) is 4.74 Å². The predicted octanol–water partition coefficient (Wildman–Crippen LogP) is 2.87. The lowest BCUT2D eigenvalue weighted by molar-refractivity contribution is 0.0569. The number of aliphatic hydroxyl groups is 1. The Morgan fingerprint density at radius 2 is 1.55 bits per heavy atom. The van der Waals surface area contributed by atoms with E-state index in [-0.39, 0.29) is 12.4 Å². The summed E-state index contributed by atoms with van der Waals surface area (Å²) in [6.07, 6.45) is -0.704. The van der Waals surface area contributed by atoms with E-state index in [9.17, 15) is 18.3 Å².